The van der Waals surface area contributed by atoms with Gasteiger partial charge in [0.05, 0.1) is 5.69 Å². The molecule has 2 fully saturated rings. The van der Waals surface area contributed by atoms with Crippen molar-refractivity contribution in [3.8, 4) is 0 Å². The van der Waals surface area contributed by atoms with E-state index in [9.17, 15) is 13.6 Å². The van der Waals surface area contributed by atoms with E-state index in [1.807, 2.05) is 0 Å². The molecule has 2 aliphatic rings. The first-order valence-electron chi connectivity index (χ1n) is 9.34. The van der Waals surface area contributed by atoms with Crippen LogP contribution in [0, 0.1) is 11.6 Å². The van der Waals surface area contributed by atoms with Crippen LogP contribution in [0.4, 0.5) is 19.3 Å². The summed E-state index contributed by atoms with van der Waals surface area (Å²) in [5, 5.41) is 5.42. The summed E-state index contributed by atoms with van der Waals surface area (Å²) in [4.78, 5) is 14.8. The second-order valence-corrected chi connectivity index (χ2v) is 7.26. The van der Waals surface area contributed by atoms with E-state index >= 15 is 0 Å². The Morgan fingerprint density at radius 2 is 1.72 bits per heavy atom. The van der Waals surface area contributed by atoms with Crippen LogP contribution in [0.15, 0.2) is 18.2 Å². The fourth-order valence-corrected chi connectivity index (χ4v) is 4.19. The summed E-state index contributed by atoms with van der Waals surface area (Å²) in [6.45, 7) is 2.76. The highest BCUT2D eigenvalue weighted by Crippen LogP contribution is 2.35. The molecular weight excluding hydrogens is 324 g/mol. The van der Waals surface area contributed by atoms with Crippen LogP contribution < -0.4 is 10.6 Å². The van der Waals surface area contributed by atoms with E-state index < -0.39 is 17.7 Å². The molecule has 0 aromatic heterocycles. The van der Waals surface area contributed by atoms with E-state index in [1.54, 1.807) is 0 Å². The van der Waals surface area contributed by atoms with Crippen molar-refractivity contribution in [2.75, 3.05) is 25.0 Å². The fraction of sp³-hybridized carbons (Fsp3) is 0.632. The third kappa shape index (κ3) is 4.48. The van der Waals surface area contributed by atoms with Crippen molar-refractivity contribution in [2.45, 2.75) is 56.9 Å². The van der Waals surface area contributed by atoms with Gasteiger partial charge >= 0.3 is 6.03 Å². The standard InChI is InChI=1S/C19H27F2N3O/c20-15-7-8-17(16(21)13-15)23-18(25)22-14-19(9-3-1-4-10-19)24-11-5-2-6-12-24/h7-8,13H,1-6,9-12,14H2,(H2,22,23,25). The van der Waals surface area contributed by atoms with Crippen LogP contribution in [0.1, 0.15) is 51.4 Å². The molecular formula is C19H27F2N3O. The maximum atomic E-state index is 13.7. The SMILES string of the molecule is O=C(NCC1(N2CCCCC2)CCCCC1)Nc1ccc(F)cc1F. The summed E-state index contributed by atoms with van der Waals surface area (Å²) in [5.74, 6) is -1.42. The smallest absolute Gasteiger partial charge is 0.319 e. The van der Waals surface area contributed by atoms with Gasteiger partial charge in [-0.1, -0.05) is 25.7 Å². The van der Waals surface area contributed by atoms with Gasteiger partial charge in [-0.15, -0.1) is 0 Å². The summed E-state index contributed by atoms with van der Waals surface area (Å²) in [5.41, 5.74) is 0.0201. The monoisotopic (exact) mass is 351 g/mol. The number of rotatable bonds is 4. The number of hydrogen-bond donors (Lipinski definition) is 2. The zero-order valence-electron chi connectivity index (χ0n) is 14.6. The molecule has 2 N–H and O–H groups in total. The molecule has 6 heteroatoms. The third-order valence-electron chi connectivity index (χ3n) is 5.57. The van der Waals surface area contributed by atoms with Crippen LogP contribution in [-0.4, -0.2) is 36.1 Å². The summed E-state index contributed by atoms with van der Waals surface area (Å²) in [6, 6.07) is 2.71. The van der Waals surface area contributed by atoms with Gasteiger partial charge < -0.3 is 10.6 Å². The molecule has 1 aliphatic carbocycles. The van der Waals surface area contributed by atoms with Gasteiger partial charge in [0, 0.05) is 18.2 Å². The summed E-state index contributed by atoms with van der Waals surface area (Å²) in [7, 11) is 0. The molecule has 1 aromatic rings. The van der Waals surface area contributed by atoms with Crippen LogP contribution >= 0.6 is 0 Å². The molecule has 138 valence electrons. The van der Waals surface area contributed by atoms with Gasteiger partial charge in [-0.2, -0.15) is 0 Å². The average Bonchev–Trinajstić information content (AvgIpc) is 2.64. The Labute approximate surface area is 148 Å². The molecule has 0 radical (unpaired) electrons. The predicted octanol–water partition coefficient (Wildman–Crippen LogP) is 4.28. The minimum atomic E-state index is -0.765. The minimum absolute atomic E-state index is 0.00503. The Kier molecular flexibility index (Phi) is 5.89. The fourth-order valence-electron chi connectivity index (χ4n) is 4.19. The summed E-state index contributed by atoms with van der Waals surface area (Å²) >= 11 is 0. The lowest BCUT2D eigenvalue weighted by Crippen LogP contribution is -2.58. The molecule has 1 saturated carbocycles. The molecule has 1 saturated heterocycles. The van der Waals surface area contributed by atoms with Gasteiger partial charge in [0.2, 0.25) is 0 Å². The number of nitrogens with zero attached hydrogens (tertiary/aromatic N) is 1. The maximum absolute atomic E-state index is 13.7. The molecule has 0 unspecified atom stereocenters. The van der Waals surface area contributed by atoms with Crippen molar-refractivity contribution in [1.82, 2.24) is 10.2 Å². The number of amides is 2. The van der Waals surface area contributed by atoms with Crippen molar-refractivity contribution in [3.63, 3.8) is 0 Å². The van der Waals surface area contributed by atoms with E-state index in [4.69, 9.17) is 0 Å². The van der Waals surface area contributed by atoms with Crippen molar-refractivity contribution in [2.24, 2.45) is 0 Å². The lowest BCUT2D eigenvalue weighted by Gasteiger charge is -2.48. The van der Waals surface area contributed by atoms with E-state index in [0.29, 0.717) is 6.54 Å². The second kappa shape index (κ2) is 8.13. The molecule has 1 aromatic carbocycles. The van der Waals surface area contributed by atoms with Gasteiger partial charge in [-0.05, 0) is 50.9 Å². The molecule has 3 rings (SSSR count). The molecule has 4 nitrogen and oxygen atoms in total. The summed E-state index contributed by atoms with van der Waals surface area (Å²) < 4.78 is 26.6. The summed E-state index contributed by atoms with van der Waals surface area (Å²) in [6.07, 6.45) is 9.53. The number of anilines is 1. The first-order chi connectivity index (χ1) is 12.1. The number of piperidine rings is 1. The molecule has 1 aliphatic heterocycles. The first-order valence-corrected chi connectivity index (χ1v) is 9.34. The number of urea groups is 1. The molecule has 2 amide bonds. The first kappa shape index (κ1) is 18.1. The molecule has 1 heterocycles. The number of halogens is 2. The number of nitrogens with one attached hydrogen (secondary N) is 2. The van der Waals surface area contributed by atoms with E-state index in [1.165, 1.54) is 44.6 Å². The Hall–Kier alpha value is -1.69. The lowest BCUT2D eigenvalue weighted by molar-refractivity contribution is 0.0358. The molecule has 0 atom stereocenters. The van der Waals surface area contributed by atoms with Crippen LogP contribution in [0.5, 0.6) is 0 Å². The van der Waals surface area contributed by atoms with Crippen LogP contribution in [0.2, 0.25) is 0 Å². The number of carbonyl (C=O) groups excluding carboxylic acids is 1. The number of carbonyl (C=O) groups is 1. The van der Waals surface area contributed by atoms with Gasteiger partial charge in [-0.3, -0.25) is 4.90 Å². The Bertz CT molecular complexity index is 596. The van der Waals surface area contributed by atoms with Gasteiger partial charge in [0.25, 0.3) is 0 Å². The zero-order valence-corrected chi connectivity index (χ0v) is 14.6. The largest absolute Gasteiger partial charge is 0.336 e. The van der Waals surface area contributed by atoms with Crippen LogP contribution in [0.3, 0.4) is 0 Å². The normalized spacial score (nSPS) is 20.9. The highest BCUT2D eigenvalue weighted by molar-refractivity contribution is 5.89. The van der Waals surface area contributed by atoms with E-state index in [0.717, 1.165) is 38.1 Å². The predicted molar refractivity (Wildman–Crippen MR) is 94.6 cm³/mol. The topological polar surface area (TPSA) is 44.4 Å². The Morgan fingerprint density at radius 1 is 1.04 bits per heavy atom. The van der Waals surface area contributed by atoms with E-state index in [2.05, 4.69) is 15.5 Å². The van der Waals surface area contributed by atoms with Crippen LogP contribution in [0.25, 0.3) is 0 Å². The van der Waals surface area contributed by atoms with Crippen molar-refractivity contribution >= 4 is 11.7 Å². The Morgan fingerprint density at radius 3 is 2.40 bits per heavy atom. The second-order valence-electron chi connectivity index (χ2n) is 7.26. The number of benzene rings is 1. The van der Waals surface area contributed by atoms with Gasteiger partial charge in [0.1, 0.15) is 11.6 Å². The van der Waals surface area contributed by atoms with Gasteiger partial charge in [-0.25, -0.2) is 13.6 Å². The van der Waals surface area contributed by atoms with Crippen molar-refractivity contribution in [1.29, 1.82) is 0 Å². The average molecular weight is 351 g/mol. The number of hydrogen-bond acceptors (Lipinski definition) is 2. The Balaban J connectivity index is 1.61. The highest BCUT2D eigenvalue weighted by Gasteiger charge is 2.38. The van der Waals surface area contributed by atoms with Gasteiger partial charge in [0.15, 0.2) is 0 Å². The molecule has 0 spiro atoms. The maximum Gasteiger partial charge on any atom is 0.319 e. The lowest BCUT2D eigenvalue weighted by atomic mass is 9.79. The highest BCUT2D eigenvalue weighted by atomic mass is 19.1. The quantitative estimate of drug-likeness (QED) is 0.851. The van der Waals surface area contributed by atoms with Crippen molar-refractivity contribution in [3.05, 3.63) is 29.8 Å². The molecule has 25 heavy (non-hydrogen) atoms. The zero-order chi connectivity index (χ0) is 17.7. The number of likely N-dealkylation sites (tertiary alicyclic amines) is 1. The molecule has 0 bridgehead atoms. The van der Waals surface area contributed by atoms with Crippen LogP contribution in [-0.2, 0) is 0 Å². The van der Waals surface area contributed by atoms with Crippen molar-refractivity contribution < 1.29 is 13.6 Å². The minimum Gasteiger partial charge on any atom is -0.336 e. The van der Waals surface area contributed by atoms with E-state index in [-0.39, 0.29) is 11.2 Å². The third-order valence-corrected chi connectivity index (χ3v) is 5.57.